The predicted octanol–water partition coefficient (Wildman–Crippen LogP) is 0.624. The summed E-state index contributed by atoms with van der Waals surface area (Å²) in [6.07, 6.45) is 1.28. The molecule has 0 spiro atoms. The Kier molecular flexibility index (Phi) is 5.16. The number of nitrogens with one attached hydrogen (secondary N) is 2. The van der Waals surface area contributed by atoms with Crippen molar-refractivity contribution in [1.29, 1.82) is 0 Å². The summed E-state index contributed by atoms with van der Waals surface area (Å²) in [5.41, 5.74) is -0.343. The van der Waals surface area contributed by atoms with E-state index in [-0.39, 0.29) is 23.5 Å². The molecule has 1 aromatic heterocycles. The maximum atomic E-state index is 11.9. The number of hydrogen-bond acceptors (Lipinski definition) is 4. The van der Waals surface area contributed by atoms with Crippen LogP contribution in [0, 0.1) is 0 Å². The molecule has 2 N–H and O–H groups in total. The molecule has 1 amide bonds. The van der Waals surface area contributed by atoms with Crippen LogP contribution in [0.4, 0.5) is 0 Å². The van der Waals surface area contributed by atoms with Crippen LogP contribution in [0.5, 0.6) is 5.75 Å². The van der Waals surface area contributed by atoms with Crippen molar-refractivity contribution in [2.45, 2.75) is 13.1 Å². The molecule has 1 heterocycles. The second-order valence-corrected chi connectivity index (χ2v) is 5.31. The highest BCUT2D eigenvalue weighted by Gasteiger charge is 2.08. The summed E-state index contributed by atoms with van der Waals surface area (Å²) in [5, 5.41) is 2.70. The van der Waals surface area contributed by atoms with E-state index in [0.717, 1.165) is 10.1 Å². The van der Waals surface area contributed by atoms with E-state index in [1.54, 1.807) is 13.2 Å². The van der Waals surface area contributed by atoms with E-state index in [1.807, 2.05) is 18.2 Å². The van der Waals surface area contributed by atoms with Crippen molar-refractivity contribution in [3.8, 4) is 5.75 Å². The number of para-hydroxylation sites is 1. The molecule has 1 aromatic carbocycles. The zero-order valence-corrected chi connectivity index (χ0v) is 13.3. The van der Waals surface area contributed by atoms with Gasteiger partial charge < -0.3 is 10.1 Å². The highest BCUT2D eigenvalue weighted by atomic mass is 79.9. The molecule has 0 saturated heterocycles. The van der Waals surface area contributed by atoms with Gasteiger partial charge in [0.1, 0.15) is 12.3 Å². The van der Waals surface area contributed by atoms with Gasteiger partial charge in [0.25, 0.3) is 5.56 Å². The minimum absolute atomic E-state index is 0.185. The van der Waals surface area contributed by atoms with Crippen LogP contribution in [-0.4, -0.2) is 22.6 Å². The van der Waals surface area contributed by atoms with E-state index in [0.29, 0.717) is 5.75 Å². The van der Waals surface area contributed by atoms with Gasteiger partial charge in [-0.3, -0.25) is 19.1 Å². The van der Waals surface area contributed by atoms with Gasteiger partial charge in [0.2, 0.25) is 5.91 Å². The first-order chi connectivity index (χ1) is 10.5. The Balaban J connectivity index is 2.03. The molecule has 116 valence electrons. The van der Waals surface area contributed by atoms with Gasteiger partial charge in [0.15, 0.2) is 0 Å². The summed E-state index contributed by atoms with van der Waals surface area (Å²) in [6, 6.07) is 7.31. The topological polar surface area (TPSA) is 93.2 Å². The van der Waals surface area contributed by atoms with Crippen molar-refractivity contribution >= 4 is 21.8 Å². The number of carbonyl (C=O) groups excluding carboxylic acids is 1. The highest BCUT2D eigenvalue weighted by Crippen LogP contribution is 2.16. The molecule has 2 rings (SSSR count). The van der Waals surface area contributed by atoms with E-state index < -0.39 is 11.2 Å². The number of carbonyl (C=O) groups is 1. The first-order valence-corrected chi connectivity index (χ1v) is 7.18. The van der Waals surface area contributed by atoms with Gasteiger partial charge in [0, 0.05) is 18.3 Å². The van der Waals surface area contributed by atoms with Gasteiger partial charge in [-0.25, -0.2) is 4.79 Å². The van der Waals surface area contributed by atoms with Crippen LogP contribution < -0.4 is 21.3 Å². The molecule has 2 aromatic rings. The van der Waals surface area contributed by atoms with Crippen molar-refractivity contribution in [3.63, 3.8) is 0 Å². The lowest BCUT2D eigenvalue weighted by Gasteiger charge is -2.10. The third-order valence-corrected chi connectivity index (χ3v) is 3.51. The van der Waals surface area contributed by atoms with Crippen LogP contribution in [-0.2, 0) is 17.9 Å². The molecular formula is C14H14BrN3O4. The zero-order chi connectivity index (χ0) is 16.1. The fourth-order valence-electron chi connectivity index (χ4n) is 1.85. The molecule has 0 aliphatic carbocycles. The molecule has 0 fully saturated rings. The Bertz CT molecular complexity index is 797. The Morgan fingerprint density at radius 2 is 2.09 bits per heavy atom. The number of ether oxygens (including phenoxy) is 1. The monoisotopic (exact) mass is 367 g/mol. The van der Waals surface area contributed by atoms with Crippen LogP contribution in [0.1, 0.15) is 5.56 Å². The second kappa shape index (κ2) is 7.08. The van der Waals surface area contributed by atoms with Crippen LogP contribution in [0.25, 0.3) is 0 Å². The molecule has 0 atom stereocenters. The lowest BCUT2D eigenvalue weighted by atomic mass is 10.2. The quantitative estimate of drug-likeness (QED) is 0.810. The molecular weight excluding hydrogens is 354 g/mol. The summed E-state index contributed by atoms with van der Waals surface area (Å²) >= 11 is 3.01. The normalized spacial score (nSPS) is 10.3. The summed E-state index contributed by atoms with van der Waals surface area (Å²) in [4.78, 5) is 36.8. The smallest absolute Gasteiger partial charge is 0.328 e. The van der Waals surface area contributed by atoms with Crippen molar-refractivity contribution in [2.75, 3.05) is 7.11 Å². The first-order valence-electron chi connectivity index (χ1n) is 6.39. The number of H-pyrrole nitrogens is 1. The maximum absolute atomic E-state index is 11.9. The van der Waals surface area contributed by atoms with Gasteiger partial charge in [-0.1, -0.05) is 18.2 Å². The van der Waals surface area contributed by atoms with Crippen molar-refractivity contribution in [2.24, 2.45) is 0 Å². The second-order valence-electron chi connectivity index (χ2n) is 4.45. The lowest BCUT2D eigenvalue weighted by Crippen LogP contribution is -2.35. The van der Waals surface area contributed by atoms with Gasteiger partial charge in [-0.05, 0) is 22.0 Å². The molecule has 7 nitrogen and oxygen atoms in total. The Morgan fingerprint density at radius 3 is 2.82 bits per heavy atom. The highest BCUT2D eigenvalue weighted by molar-refractivity contribution is 9.10. The van der Waals surface area contributed by atoms with E-state index in [2.05, 4.69) is 26.2 Å². The van der Waals surface area contributed by atoms with Crippen molar-refractivity contribution < 1.29 is 9.53 Å². The number of rotatable bonds is 5. The standard InChI is InChI=1S/C14H14BrN3O4/c1-22-11-5-3-2-4-9(11)6-16-12(19)8-18-7-10(15)13(20)17-14(18)21/h2-5,7H,6,8H2,1H3,(H,16,19)(H,17,20,21). The zero-order valence-electron chi connectivity index (χ0n) is 11.8. The van der Waals surface area contributed by atoms with Gasteiger partial charge in [-0.15, -0.1) is 0 Å². The average Bonchev–Trinajstić information content (AvgIpc) is 2.51. The number of methoxy groups -OCH3 is 1. The maximum Gasteiger partial charge on any atom is 0.328 e. The van der Waals surface area contributed by atoms with E-state index in [9.17, 15) is 14.4 Å². The van der Waals surface area contributed by atoms with Gasteiger partial charge in [-0.2, -0.15) is 0 Å². The summed E-state index contributed by atoms with van der Waals surface area (Å²) in [5.74, 6) is 0.318. The minimum Gasteiger partial charge on any atom is -0.496 e. The first kappa shape index (κ1) is 16.0. The Morgan fingerprint density at radius 1 is 1.36 bits per heavy atom. The van der Waals surface area contributed by atoms with Crippen LogP contribution >= 0.6 is 15.9 Å². The van der Waals surface area contributed by atoms with E-state index in [4.69, 9.17) is 4.74 Å². The fourth-order valence-corrected chi connectivity index (χ4v) is 2.20. The van der Waals surface area contributed by atoms with Gasteiger partial charge >= 0.3 is 5.69 Å². The van der Waals surface area contributed by atoms with Gasteiger partial charge in [0.05, 0.1) is 11.6 Å². The number of aromatic nitrogens is 2. The molecule has 22 heavy (non-hydrogen) atoms. The third kappa shape index (κ3) is 3.85. The molecule has 0 aliphatic rings. The average molecular weight is 368 g/mol. The predicted molar refractivity (Wildman–Crippen MR) is 83.9 cm³/mol. The minimum atomic E-state index is -0.638. The Hall–Kier alpha value is -2.35. The molecule has 0 aliphatic heterocycles. The molecule has 0 bridgehead atoms. The molecule has 8 heteroatoms. The summed E-state index contributed by atoms with van der Waals surface area (Å²) in [6.45, 7) is 0.0888. The molecule has 0 radical (unpaired) electrons. The SMILES string of the molecule is COc1ccccc1CNC(=O)Cn1cc(Br)c(=O)[nH]c1=O. The molecule has 0 unspecified atom stereocenters. The van der Waals surface area contributed by atoms with E-state index in [1.165, 1.54) is 6.20 Å². The molecule has 0 saturated carbocycles. The lowest BCUT2D eigenvalue weighted by molar-refractivity contribution is -0.121. The number of aromatic amines is 1. The van der Waals surface area contributed by atoms with Crippen molar-refractivity contribution in [3.05, 3.63) is 61.3 Å². The number of halogens is 1. The van der Waals surface area contributed by atoms with Crippen LogP contribution in [0.15, 0.2) is 44.5 Å². The third-order valence-electron chi connectivity index (χ3n) is 2.95. The number of nitrogens with zero attached hydrogens (tertiary/aromatic N) is 1. The summed E-state index contributed by atoms with van der Waals surface area (Å²) < 4.78 is 6.49. The Labute approximate surface area is 134 Å². The van der Waals surface area contributed by atoms with Crippen molar-refractivity contribution in [1.82, 2.24) is 14.9 Å². The number of hydrogen-bond donors (Lipinski definition) is 2. The fraction of sp³-hybridized carbons (Fsp3) is 0.214. The number of benzene rings is 1. The van der Waals surface area contributed by atoms with E-state index >= 15 is 0 Å². The number of amides is 1. The summed E-state index contributed by atoms with van der Waals surface area (Å²) in [7, 11) is 1.55. The van der Waals surface area contributed by atoms with Crippen LogP contribution in [0.3, 0.4) is 0 Å². The largest absolute Gasteiger partial charge is 0.496 e. The van der Waals surface area contributed by atoms with Crippen LogP contribution in [0.2, 0.25) is 0 Å².